The molecule has 2 unspecified atom stereocenters. The number of nitrogens with zero attached hydrogens (tertiary/aromatic N) is 2. The van der Waals surface area contributed by atoms with Crippen LogP contribution in [0, 0.1) is 0 Å². The van der Waals surface area contributed by atoms with Crippen LogP contribution < -0.4 is 10.6 Å². The van der Waals surface area contributed by atoms with Gasteiger partial charge in [-0.1, -0.05) is 6.92 Å². The molecule has 1 aliphatic heterocycles. The summed E-state index contributed by atoms with van der Waals surface area (Å²) in [6.07, 6.45) is 3.56. The standard InChI is InChI=1S/C16H32N4O2S3/c1-3-17-16(19-14-5-6-15(13-14)24-4-2)18-7-12-25(21,22)20-8-10-23-11-9-20/h14-15H,3-13H2,1-2H3,(H2,17,18,19). The number of nitrogens with one attached hydrogen (secondary N) is 2. The number of thioether (sulfide) groups is 2. The quantitative estimate of drug-likeness (QED) is 0.469. The molecular formula is C16H32N4O2S3. The zero-order chi connectivity index (χ0) is 18.1. The van der Waals surface area contributed by atoms with Crippen LogP contribution in [0.3, 0.4) is 0 Å². The Morgan fingerprint density at radius 1 is 1.28 bits per heavy atom. The lowest BCUT2D eigenvalue weighted by molar-refractivity contribution is 0.444. The van der Waals surface area contributed by atoms with Gasteiger partial charge in [0.25, 0.3) is 0 Å². The zero-order valence-corrected chi connectivity index (χ0v) is 17.8. The van der Waals surface area contributed by atoms with Crippen LogP contribution in [0.15, 0.2) is 4.99 Å². The maximum absolute atomic E-state index is 12.4. The fraction of sp³-hybridized carbons (Fsp3) is 0.938. The molecule has 1 saturated heterocycles. The summed E-state index contributed by atoms with van der Waals surface area (Å²) >= 11 is 3.85. The number of hydrogen-bond donors (Lipinski definition) is 2. The first-order valence-electron chi connectivity index (χ1n) is 9.27. The summed E-state index contributed by atoms with van der Waals surface area (Å²) in [7, 11) is -3.18. The predicted molar refractivity (Wildman–Crippen MR) is 111 cm³/mol. The van der Waals surface area contributed by atoms with Gasteiger partial charge in [-0.15, -0.1) is 0 Å². The van der Waals surface area contributed by atoms with Gasteiger partial charge < -0.3 is 10.6 Å². The Kier molecular flexibility index (Phi) is 9.23. The van der Waals surface area contributed by atoms with E-state index in [1.54, 1.807) is 4.31 Å². The Hall–Kier alpha value is -0.120. The number of aliphatic imine (C=N–C) groups is 1. The smallest absolute Gasteiger partial charge is 0.215 e. The van der Waals surface area contributed by atoms with E-state index in [-0.39, 0.29) is 5.75 Å². The fourth-order valence-corrected chi connectivity index (χ4v) is 6.79. The van der Waals surface area contributed by atoms with E-state index >= 15 is 0 Å². The van der Waals surface area contributed by atoms with Gasteiger partial charge in [-0.25, -0.2) is 12.7 Å². The van der Waals surface area contributed by atoms with Crippen LogP contribution in [-0.2, 0) is 10.0 Å². The molecule has 2 rings (SSSR count). The average Bonchev–Trinajstić information content (AvgIpc) is 3.03. The number of guanidine groups is 1. The van der Waals surface area contributed by atoms with Crippen LogP contribution in [-0.4, -0.2) is 79.2 Å². The van der Waals surface area contributed by atoms with E-state index in [2.05, 4.69) is 22.5 Å². The van der Waals surface area contributed by atoms with Crippen LogP contribution in [0.25, 0.3) is 0 Å². The molecule has 1 heterocycles. The molecule has 0 bridgehead atoms. The molecule has 0 aromatic heterocycles. The number of hydrogen-bond acceptors (Lipinski definition) is 5. The van der Waals surface area contributed by atoms with Crippen LogP contribution in [0.1, 0.15) is 33.1 Å². The third kappa shape index (κ3) is 7.19. The molecule has 2 fully saturated rings. The minimum atomic E-state index is -3.18. The summed E-state index contributed by atoms with van der Waals surface area (Å²) in [6.45, 7) is 6.59. The molecule has 1 aliphatic carbocycles. The topological polar surface area (TPSA) is 73.8 Å². The monoisotopic (exact) mass is 408 g/mol. The van der Waals surface area contributed by atoms with Crippen molar-refractivity contribution >= 4 is 39.5 Å². The summed E-state index contributed by atoms with van der Waals surface area (Å²) < 4.78 is 26.4. The van der Waals surface area contributed by atoms with Crippen molar-refractivity contribution in [3.63, 3.8) is 0 Å². The Morgan fingerprint density at radius 3 is 2.72 bits per heavy atom. The zero-order valence-electron chi connectivity index (χ0n) is 15.4. The fourth-order valence-electron chi connectivity index (χ4n) is 3.20. The molecule has 146 valence electrons. The van der Waals surface area contributed by atoms with Crippen LogP contribution in [0.2, 0.25) is 0 Å². The van der Waals surface area contributed by atoms with E-state index in [9.17, 15) is 8.42 Å². The second-order valence-electron chi connectivity index (χ2n) is 6.32. The minimum absolute atomic E-state index is 0.0905. The lowest BCUT2D eigenvalue weighted by Crippen LogP contribution is -2.43. The first-order valence-corrected chi connectivity index (χ1v) is 13.1. The van der Waals surface area contributed by atoms with E-state index in [0.717, 1.165) is 42.1 Å². The summed E-state index contributed by atoms with van der Waals surface area (Å²) in [5.41, 5.74) is 0. The van der Waals surface area contributed by atoms with Gasteiger partial charge in [-0.2, -0.15) is 23.5 Å². The van der Waals surface area contributed by atoms with Crippen molar-refractivity contribution in [3.8, 4) is 0 Å². The summed E-state index contributed by atoms with van der Waals surface area (Å²) in [4.78, 5) is 4.50. The van der Waals surface area contributed by atoms with E-state index in [0.29, 0.717) is 25.7 Å². The molecule has 0 aromatic rings. The third-order valence-corrected chi connectivity index (χ3v) is 8.48. The summed E-state index contributed by atoms with van der Waals surface area (Å²) in [6, 6.07) is 0.442. The van der Waals surface area contributed by atoms with Gasteiger partial charge in [-0.05, 0) is 31.9 Å². The van der Waals surface area contributed by atoms with E-state index in [1.807, 2.05) is 30.4 Å². The molecular weight excluding hydrogens is 376 g/mol. The van der Waals surface area contributed by atoms with Crippen LogP contribution in [0.4, 0.5) is 0 Å². The van der Waals surface area contributed by atoms with Crippen molar-refractivity contribution in [2.24, 2.45) is 4.99 Å². The van der Waals surface area contributed by atoms with Crippen molar-refractivity contribution in [1.29, 1.82) is 0 Å². The van der Waals surface area contributed by atoms with Gasteiger partial charge in [0.2, 0.25) is 10.0 Å². The lowest BCUT2D eigenvalue weighted by atomic mass is 10.2. The maximum Gasteiger partial charge on any atom is 0.215 e. The highest BCUT2D eigenvalue weighted by Crippen LogP contribution is 2.29. The van der Waals surface area contributed by atoms with Gasteiger partial charge in [0, 0.05) is 42.4 Å². The molecule has 2 N–H and O–H groups in total. The number of rotatable bonds is 8. The Bertz CT molecular complexity index is 521. The predicted octanol–water partition coefficient (Wildman–Crippen LogP) is 1.59. The largest absolute Gasteiger partial charge is 0.357 e. The molecule has 2 atom stereocenters. The Balaban J connectivity index is 1.82. The second kappa shape index (κ2) is 10.9. The minimum Gasteiger partial charge on any atom is -0.357 e. The van der Waals surface area contributed by atoms with Gasteiger partial charge in [0.15, 0.2) is 5.96 Å². The Labute approximate surface area is 161 Å². The molecule has 9 heteroatoms. The van der Waals surface area contributed by atoms with Crippen LogP contribution >= 0.6 is 23.5 Å². The third-order valence-electron chi connectivity index (χ3n) is 4.45. The molecule has 6 nitrogen and oxygen atoms in total. The first-order chi connectivity index (χ1) is 12.0. The van der Waals surface area contributed by atoms with Gasteiger partial charge >= 0.3 is 0 Å². The molecule has 0 amide bonds. The molecule has 0 aromatic carbocycles. The molecule has 0 spiro atoms. The lowest BCUT2D eigenvalue weighted by Gasteiger charge is -2.25. The van der Waals surface area contributed by atoms with E-state index in [4.69, 9.17) is 0 Å². The average molecular weight is 409 g/mol. The van der Waals surface area contributed by atoms with E-state index in [1.165, 1.54) is 12.2 Å². The second-order valence-corrected chi connectivity index (χ2v) is 11.2. The maximum atomic E-state index is 12.4. The SMILES string of the molecule is CCNC(=NCCS(=O)(=O)N1CCSCC1)NC1CCC(SCC)C1. The summed E-state index contributed by atoms with van der Waals surface area (Å²) in [5.74, 6) is 3.79. The highest BCUT2D eigenvalue weighted by Gasteiger charge is 2.26. The number of sulfonamides is 1. The molecule has 0 radical (unpaired) electrons. The van der Waals surface area contributed by atoms with Gasteiger partial charge in [0.05, 0.1) is 12.3 Å². The molecule has 1 saturated carbocycles. The van der Waals surface area contributed by atoms with Crippen LogP contribution in [0.5, 0.6) is 0 Å². The molecule has 25 heavy (non-hydrogen) atoms. The highest BCUT2D eigenvalue weighted by molar-refractivity contribution is 8.00. The van der Waals surface area contributed by atoms with Crippen molar-refractivity contribution in [3.05, 3.63) is 0 Å². The van der Waals surface area contributed by atoms with E-state index < -0.39 is 10.0 Å². The first kappa shape index (κ1) is 21.2. The van der Waals surface area contributed by atoms with Crippen molar-refractivity contribution in [2.45, 2.75) is 44.4 Å². The Morgan fingerprint density at radius 2 is 2.04 bits per heavy atom. The van der Waals surface area contributed by atoms with Gasteiger partial charge in [-0.3, -0.25) is 4.99 Å². The van der Waals surface area contributed by atoms with Crippen molar-refractivity contribution < 1.29 is 8.42 Å². The summed E-state index contributed by atoms with van der Waals surface area (Å²) in [5, 5.41) is 7.47. The van der Waals surface area contributed by atoms with Crippen molar-refractivity contribution in [1.82, 2.24) is 14.9 Å². The highest BCUT2D eigenvalue weighted by atomic mass is 32.2. The van der Waals surface area contributed by atoms with Crippen molar-refractivity contribution in [2.75, 3.05) is 49.2 Å². The normalized spacial score (nSPS) is 25.9. The van der Waals surface area contributed by atoms with Gasteiger partial charge in [0.1, 0.15) is 0 Å². The molecule has 2 aliphatic rings.